The molecule has 1 atom stereocenters. The zero-order valence-electron chi connectivity index (χ0n) is 40.7. The van der Waals surface area contributed by atoms with Gasteiger partial charge in [0.25, 0.3) is 5.91 Å². The van der Waals surface area contributed by atoms with Crippen LogP contribution in [-0.4, -0.2) is 98.6 Å². The van der Waals surface area contributed by atoms with E-state index in [-0.39, 0.29) is 35.4 Å². The van der Waals surface area contributed by atoms with E-state index >= 15 is 0 Å². The Labute approximate surface area is 422 Å². The molecule has 1 saturated carbocycles. The number of carboxylic acids is 1. The van der Waals surface area contributed by atoms with Gasteiger partial charge in [0.15, 0.2) is 10.8 Å². The lowest BCUT2D eigenvalue weighted by molar-refractivity contribution is -0.134. The van der Waals surface area contributed by atoms with E-state index in [4.69, 9.17) is 14.7 Å². The van der Waals surface area contributed by atoms with Gasteiger partial charge in [-0.2, -0.15) is 0 Å². The SMILES string of the molecule is Cc1c(OC2CCC(CCCN3CCN(c4nc5cc(C6CCC(=O)NC6=O)ccc5n4C)CC3)CC2)cccc1-c1ccc(N2CCc3cccc(C(=O)Nc4nc5ccccc5s4)c3C2)nc1C(=O)O. The molecule has 6 heterocycles. The third kappa shape index (κ3) is 9.64. The third-order valence-electron chi connectivity index (χ3n) is 15.4. The summed E-state index contributed by atoms with van der Waals surface area (Å²) < 4.78 is 9.83. The van der Waals surface area contributed by atoms with Gasteiger partial charge in [0.2, 0.25) is 17.8 Å². The highest BCUT2D eigenvalue weighted by Gasteiger charge is 2.31. The number of nitrogens with one attached hydrogen (secondary N) is 2. The Balaban J connectivity index is 0.665. The average molecular weight is 986 g/mol. The molecule has 11 rings (SSSR count). The standard InChI is InChI=1S/C56H59N9O6S/c1-34-39(41-20-23-49(59-51(41)54(69)70)65-27-25-36-9-5-11-42(43(36)33-65)53(68)61-55-57-44-12-3-4-14-48(44)72-55)10-6-13-47(34)71-38-18-15-35(16-19-38)8-7-26-63-28-30-64(31-29-63)56-58-45-32-37(17-22-46(45)62(56)2)40-21-24-50(66)60-52(40)67/h3-6,9-14,17,20,22-23,32,35,38,40H,7-8,15-16,18-19,21,24-31,33H2,1-2H3,(H,69,70)(H,57,61,68)(H,60,66,67). The number of thiazole rings is 1. The molecule has 3 fully saturated rings. The smallest absolute Gasteiger partial charge is 0.355 e. The molecule has 4 aliphatic rings. The van der Waals surface area contributed by atoms with Crippen molar-refractivity contribution in [2.75, 3.05) is 54.4 Å². The first-order chi connectivity index (χ1) is 35.0. The second-order valence-corrected chi connectivity index (χ2v) is 20.8. The lowest BCUT2D eigenvalue weighted by Gasteiger charge is -2.35. The highest BCUT2D eigenvalue weighted by atomic mass is 32.1. The van der Waals surface area contributed by atoms with Crippen molar-refractivity contribution in [2.45, 2.75) is 83.3 Å². The topological polar surface area (TPSA) is 175 Å². The zero-order valence-corrected chi connectivity index (χ0v) is 41.5. The molecule has 7 aromatic rings. The van der Waals surface area contributed by atoms with Crippen LogP contribution in [0.4, 0.5) is 16.9 Å². The lowest BCUT2D eigenvalue weighted by Crippen LogP contribution is -2.47. The number of aromatic carboxylic acids is 1. The van der Waals surface area contributed by atoms with E-state index in [1.54, 1.807) is 0 Å². The number of carbonyl (C=O) groups excluding carboxylic acids is 3. The van der Waals surface area contributed by atoms with Crippen LogP contribution in [0.1, 0.15) is 100 Å². The van der Waals surface area contributed by atoms with Crippen LogP contribution in [0.2, 0.25) is 0 Å². The number of pyridine rings is 1. The molecule has 72 heavy (non-hydrogen) atoms. The van der Waals surface area contributed by atoms with Crippen LogP contribution in [-0.2, 0) is 29.6 Å². The lowest BCUT2D eigenvalue weighted by atomic mass is 9.84. The Hall–Kier alpha value is -7.17. The van der Waals surface area contributed by atoms with E-state index in [0.717, 1.165) is 119 Å². The number of para-hydroxylation sites is 1. The van der Waals surface area contributed by atoms with Crippen LogP contribution in [0.5, 0.6) is 5.75 Å². The summed E-state index contributed by atoms with van der Waals surface area (Å²) in [7, 11) is 2.05. The van der Waals surface area contributed by atoms with Crippen molar-refractivity contribution in [2.24, 2.45) is 13.0 Å². The number of carboxylic acid groups (broad SMARTS) is 1. The summed E-state index contributed by atoms with van der Waals surface area (Å²) in [5.41, 5.74) is 8.40. The molecule has 2 saturated heterocycles. The summed E-state index contributed by atoms with van der Waals surface area (Å²) in [5.74, 6) is 0.858. The van der Waals surface area contributed by atoms with Gasteiger partial charge in [-0.3, -0.25) is 29.9 Å². The number of ether oxygens (including phenoxy) is 1. The van der Waals surface area contributed by atoms with Gasteiger partial charge in [-0.15, -0.1) is 0 Å². The minimum Gasteiger partial charge on any atom is -0.490 e. The number of benzene rings is 4. The number of hydrogen-bond donors (Lipinski definition) is 3. The number of imidazole rings is 1. The number of nitrogens with zero attached hydrogens (tertiary/aromatic N) is 7. The maximum atomic E-state index is 13.7. The molecule has 0 bridgehead atoms. The van der Waals surface area contributed by atoms with E-state index in [9.17, 15) is 24.3 Å². The molecule has 3 N–H and O–H groups in total. The maximum Gasteiger partial charge on any atom is 0.355 e. The Morgan fingerprint density at radius 2 is 1.64 bits per heavy atom. The number of fused-ring (bicyclic) bond motifs is 3. The van der Waals surface area contributed by atoms with Crippen molar-refractivity contribution in [3.05, 3.63) is 125 Å². The number of aromatic nitrogens is 4. The summed E-state index contributed by atoms with van der Waals surface area (Å²) in [6.45, 7) is 7.92. The third-order valence-corrected chi connectivity index (χ3v) is 16.3. The molecule has 3 amide bonds. The summed E-state index contributed by atoms with van der Waals surface area (Å²) in [4.78, 5) is 72.1. The Morgan fingerprint density at radius 1 is 0.819 bits per heavy atom. The number of carbonyl (C=O) groups is 4. The number of piperazine rings is 1. The summed E-state index contributed by atoms with van der Waals surface area (Å²) in [6, 6.07) is 29.2. The Bertz CT molecular complexity index is 3190. The predicted molar refractivity (Wildman–Crippen MR) is 280 cm³/mol. The normalized spacial score (nSPS) is 19.6. The molecule has 4 aromatic carbocycles. The van der Waals surface area contributed by atoms with Crippen LogP contribution in [0.3, 0.4) is 0 Å². The van der Waals surface area contributed by atoms with E-state index < -0.39 is 5.97 Å². The molecule has 370 valence electrons. The van der Waals surface area contributed by atoms with Gasteiger partial charge in [0.1, 0.15) is 11.6 Å². The second kappa shape index (κ2) is 20.1. The van der Waals surface area contributed by atoms with Crippen LogP contribution in [0, 0.1) is 12.8 Å². The quantitative estimate of drug-likeness (QED) is 0.0937. The van der Waals surface area contributed by atoms with Crippen molar-refractivity contribution < 1.29 is 29.0 Å². The number of amides is 3. The van der Waals surface area contributed by atoms with Gasteiger partial charge in [-0.05, 0) is 147 Å². The largest absolute Gasteiger partial charge is 0.490 e. The fourth-order valence-corrected chi connectivity index (χ4v) is 12.2. The van der Waals surface area contributed by atoms with Crippen molar-refractivity contribution in [1.29, 1.82) is 0 Å². The monoisotopic (exact) mass is 985 g/mol. The number of hydrogen-bond acceptors (Lipinski definition) is 12. The molecule has 3 aromatic heterocycles. The van der Waals surface area contributed by atoms with Gasteiger partial charge in [0, 0.05) is 63.9 Å². The van der Waals surface area contributed by atoms with Gasteiger partial charge in [-0.1, -0.05) is 53.8 Å². The summed E-state index contributed by atoms with van der Waals surface area (Å²) in [5, 5.41) is 16.6. The van der Waals surface area contributed by atoms with Gasteiger partial charge in [0.05, 0.1) is 33.3 Å². The first kappa shape index (κ1) is 47.2. The van der Waals surface area contributed by atoms with Gasteiger partial charge >= 0.3 is 5.97 Å². The maximum absolute atomic E-state index is 13.7. The first-order valence-corrected chi connectivity index (χ1v) is 26.2. The Morgan fingerprint density at radius 3 is 2.44 bits per heavy atom. The van der Waals surface area contributed by atoms with E-state index in [0.29, 0.717) is 60.3 Å². The minimum atomic E-state index is -1.10. The van der Waals surface area contributed by atoms with Gasteiger partial charge in [-0.25, -0.2) is 19.7 Å². The highest BCUT2D eigenvalue weighted by molar-refractivity contribution is 7.22. The molecule has 16 heteroatoms. The van der Waals surface area contributed by atoms with E-state index in [1.165, 1.54) is 24.2 Å². The molecule has 0 spiro atoms. The number of anilines is 3. The molecule has 15 nitrogen and oxygen atoms in total. The number of imide groups is 1. The summed E-state index contributed by atoms with van der Waals surface area (Å²) in [6.07, 6.45) is 8.27. The summed E-state index contributed by atoms with van der Waals surface area (Å²) >= 11 is 1.44. The fraction of sp³-hybridized carbons (Fsp3) is 0.375. The van der Waals surface area contributed by atoms with Crippen molar-refractivity contribution >= 4 is 73.2 Å². The van der Waals surface area contributed by atoms with Crippen molar-refractivity contribution in [3.8, 4) is 16.9 Å². The molecular weight excluding hydrogens is 927 g/mol. The number of piperidine rings is 1. The first-order valence-electron chi connectivity index (χ1n) is 25.3. The van der Waals surface area contributed by atoms with Crippen molar-refractivity contribution in [1.82, 2.24) is 29.7 Å². The van der Waals surface area contributed by atoms with Gasteiger partial charge < -0.3 is 24.2 Å². The molecule has 1 aliphatic carbocycles. The zero-order chi connectivity index (χ0) is 49.5. The second-order valence-electron chi connectivity index (χ2n) is 19.8. The molecule has 1 unspecified atom stereocenters. The van der Waals surface area contributed by atoms with Crippen LogP contribution in [0.15, 0.2) is 91.0 Å². The van der Waals surface area contributed by atoms with Crippen LogP contribution >= 0.6 is 11.3 Å². The molecule has 0 radical (unpaired) electrons. The van der Waals surface area contributed by atoms with Crippen LogP contribution < -0.4 is 25.2 Å². The number of aryl methyl sites for hydroxylation is 1. The van der Waals surface area contributed by atoms with Crippen LogP contribution in [0.25, 0.3) is 32.4 Å². The highest BCUT2D eigenvalue weighted by Crippen LogP contribution is 2.38. The average Bonchev–Trinajstić information content (AvgIpc) is 3.96. The van der Waals surface area contributed by atoms with Crippen molar-refractivity contribution in [3.63, 3.8) is 0 Å². The molecular formula is C56H59N9O6S. The molecule has 3 aliphatic heterocycles. The predicted octanol–water partition coefficient (Wildman–Crippen LogP) is 9.13. The Kier molecular flexibility index (Phi) is 13.2. The fourth-order valence-electron chi connectivity index (χ4n) is 11.3. The minimum absolute atomic E-state index is 0.0203. The van der Waals surface area contributed by atoms with E-state index in [1.807, 2.05) is 103 Å². The number of rotatable bonds is 13. The van der Waals surface area contributed by atoms with E-state index in [2.05, 4.69) is 37.0 Å².